The van der Waals surface area contributed by atoms with Gasteiger partial charge in [0.2, 0.25) is 5.82 Å². The molecule has 1 aromatic carbocycles. The lowest BCUT2D eigenvalue weighted by molar-refractivity contribution is 0.212. The van der Waals surface area contributed by atoms with Gasteiger partial charge in [-0.2, -0.15) is 4.39 Å². The van der Waals surface area contributed by atoms with Crippen LogP contribution in [0.3, 0.4) is 0 Å². The molecule has 0 spiro atoms. The van der Waals surface area contributed by atoms with Crippen molar-refractivity contribution in [3.05, 3.63) is 47.6 Å². The van der Waals surface area contributed by atoms with Gasteiger partial charge in [-0.25, -0.2) is 4.39 Å². The molecule has 142 valence electrons. The first-order chi connectivity index (χ1) is 12.6. The van der Waals surface area contributed by atoms with Crippen molar-refractivity contribution in [3.8, 4) is 5.75 Å². The Hall–Kier alpha value is -1.64. The molecule has 0 N–H and O–H groups in total. The summed E-state index contributed by atoms with van der Waals surface area (Å²) in [5, 5.41) is 0. The summed E-state index contributed by atoms with van der Waals surface area (Å²) in [6.45, 7) is 4.19. The molecule has 1 saturated carbocycles. The van der Waals surface area contributed by atoms with Crippen molar-refractivity contribution in [2.24, 2.45) is 17.8 Å². The number of benzene rings is 1. The molecule has 3 heteroatoms. The van der Waals surface area contributed by atoms with E-state index in [1.807, 2.05) is 0 Å². The fourth-order valence-electron chi connectivity index (χ4n) is 4.65. The third-order valence-electron chi connectivity index (χ3n) is 6.09. The van der Waals surface area contributed by atoms with Crippen molar-refractivity contribution >= 4 is 5.57 Å². The second-order valence-corrected chi connectivity index (χ2v) is 7.64. The highest BCUT2D eigenvalue weighted by Crippen LogP contribution is 2.42. The van der Waals surface area contributed by atoms with E-state index >= 15 is 0 Å². The van der Waals surface area contributed by atoms with E-state index in [9.17, 15) is 8.78 Å². The minimum Gasteiger partial charge on any atom is -0.491 e. The average Bonchev–Trinajstić information content (AvgIpc) is 2.67. The van der Waals surface area contributed by atoms with Gasteiger partial charge in [0.15, 0.2) is 11.6 Å². The van der Waals surface area contributed by atoms with Gasteiger partial charge in [-0.15, -0.1) is 0 Å². The molecular formula is C23H30F2O. The minimum absolute atomic E-state index is 0.000856. The third kappa shape index (κ3) is 4.19. The lowest BCUT2D eigenvalue weighted by Gasteiger charge is -2.35. The zero-order chi connectivity index (χ0) is 18.5. The maximum Gasteiger partial charge on any atom is 0.201 e. The topological polar surface area (TPSA) is 9.23 Å². The highest BCUT2D eigenvalue weighted by Gasteiger charge is 2.29. The Morgan fingerprint density at radius 2 is 1.81 bits per heavy atom. The Balaban J connectivity index is 1.64. The molecule has 0 aliphatic heterocycles. The van der Waals surface area contributed by atoms with Crippen LogP contribution in [0.2, 0.25) is 0 Å². The van der Waals surface area contributed by atoms with Crippen LogP contribution < -0.4 is 4.74 Å². The molecule has 2 aliphatic rings. The van der Waals surface area contributed by atoms with E-state index in [-0.39, 0.29) is 5.75 Å². The average molecular weight is 360 g/mol. The maximum absolute atomic E-state index is 14.4. The Kier molecular flexibility index (Phi) is 6.50. The molecule has 0 bridgehead atoms. The van der Waals surface area contributed by atoms with Crippen molar-refractivity contribution in [2.75, 3.05) is 6.61 Å². The Morgan fingerprint density at radius 3 is 2.42 bits per heavy atom. The lowest BCUT2D eigenvalue weighted by Crippen LogP contribution is -2.22. The number of ether oxygens (including phenoxy) is 1. The quantitative estimate of drug-likeness (QED) is 0.517. The lowest BCUT2D eigenvalue weighted by atomic mass is 9.71. The van der Waals surface area contributed by atoms with Crippen molar-refractivity contribution in [2.45, 2.75) is 58.8 Å². The van der Waals surface area contributed by atoms with Crippen LogP contribution >= 0.6 is 0 Å². The van der Waals surface area contributed by atoms with Crippen LogP contribution in [0.4, 0.5) is 8.78 Å². The monoisotopic (exact) mass is 360 g/mol. The van der Waals surface area contributed by atoms with Crippen molar-refractivity contribution in [1.29, 1.82) is 0 Å². The van der Waals surface area contributed by atoms with Crippen molar-refractivity contribution < 1.29 is 13.5 Å². The fraction of sp³-hybridized carbons (Fsp3) is 0.565. The van der Waals surface area contributed by atoms with Gasteiger partial charge in [0.05, 0.1) is 6.61 Å². The van der Waals surface area contributed by atoms with Gasteiger partial charge in [0, 0.05) is 5.56 Å². The Morgan fingerprint density at radius 1 is 1.04 bits per heavy atom. The molecule has 1 aromatic rings. The number of rotatable bonds is 5. The molecule has 0 amide bonds. The van der Waals surface area contributed by atoms with Gasteiger partial charge in [-0.3, -0.25) is 0 Å². The number of hydrogen-bond donors (Lipinski definition) is 0. The Bertz CT molecular complexity index is 669. The summed E-state index contributed by atoms with van der Waals surface area (Å²) < 4.78 is 33.7. The van der Waals surface area contributed by atoms with Crippen LogP contribution in [0.1, 0.15) is 64.4 Å². The molecular weight excluding hydrogens is 330 g/mol. The van der Waals surface area contributed by atoms with Crippen LogP contribution in [0.15, 0.2) is 30.4 Å². The molecule has 3 rings (SSSR count). The molecule has 26 heavy (non-hydrogen) atoms. The van der Waals surface area contributed by atoms with Crippen LogP contribution in [0, 0.1) is 29.4 Å². The van der Waals surface area contributed by atoms with Gasteiger partial charge in [0.25, 0.3) is 0 Å². The summed E-state index contributed by atoms with van der Waals surface area (Å²) in [5.74, 6) is 0.604. The van der Waals surface area contributed by atoms with Crippen LogP contribution in [0.5, 0.6) is 5.75 Å². The van der Waals surface area contributed by atoms with E-state index in [1.54, 1.807) is 19.1 Å². The highest BCUT2D eigenvalue weighted by molar-refractivity contribution is 5.67. The summed E-state index contributed by atoms with van der Waals surface area (Å²) in [6.07, 6.45) is 14.8. The molecule has 0 heterocycles. The van der Waals surface area contributed by atoms with Crippen molar-refractivity contribution in [3.63, 3.8) is 0 Å². The SMILES string of the molecule is C/C=C/C1CCC(C2CC=C(c3ccc(OCC)c(F)c3F)CC2)CC1. The van der Waals surface area contributed by atoms with Gasteiger partial charge < -0.3 is 4.74 Å². The van der Waals surface area contributed by atoms with Gasteiger partial charge >= 0.3 is 0 Å². The highest BCUT2D eigenvalue weighted by atomic mass is 19.2. The van der Waals surface area contributed by atoms with E-state index in [4.69, 9.17) is 4.74 Å². The first-order valence-electron chi connectivity index (χ1n) is 10.1. The largest absolute Gasteiger partial charge is 0.491 e. The van der Waals surface area contributed by atoms with Gasteiger partial charge in [-0.05, 0) is 94.3 Å². The molecule has 0 radical (unpaired) electrons. The van der Waals surface area contributed by atoms with Crippen LogP contribution in [-0.2, 0) is 0 Å². The summed E-state index contributed by atoms with van der Waals surface area (Å²) in [5.41, 5.74) is 1.35. The second kappa shape index (κ2) is 8.83. The second-order valence-electron chi connectivity index (χ2n) is 7.64. The molecule has 0 aromatic heterocycles. The van der Waals surface area contributed by atoms with E-state index in [0.717, 1.165) is 36.7 Å². The van der Waals surface area contributed by atoms with E-state index in [1.165, 1.54) is 25.7 Å². The normalized spacial score (nSPS) is 26.8. The minimum atomic E-state index is -0.866. The first kappa shape index (κ1) is 19.1. The van der Waals surface area contributed by atoms with E-state index in [2.05, 4.69) is 25.2 Å². The Labute approximate surface area is 156 Å². The zero-order valence-corrected chi connectivity index (χ0v) is 15.9. The predicted octanol–water partition coefficient (Wildman–Crippen LogP) is 6.93. The summed E-state index contributed by atoms with van der Waals surface area (Å²) in [4.78, 5) is 0. The molecule has 1 nitrogen and oxygen atoms in total. The van der Waals surface area contributed by atoms with Gasteiger partial charge in [0.1, 0.15) is 0 Å². The summed E-state index contributed by atoms with van der Waals surface area (Å²) in [7, 11) is 0. The maximum atomic E-state index is 14.4. The zero-order valence-electron chi connectivity index (χ0n) is 15.9. The molecule has 1 atom stereocenters. The third-order valence-corrected chi connectivity index (χ3v) is 6.09. The van der Waals surface area contributed by atoms with Crippen LogP contribution in [0.25, 0.3) is 5.57 Å². The standard InChI is InChI=1S/C23H30F2O/c1-3-5-16-6-8-17(9-7-16)18-10-12-19(13-11-18)20-14-15-21(26-4-2)23(25)22(20)24/h3,5,12,14-18H,4,6-11,13H2,1-2H3/b5-3+. The fourth-order valence-corrected chi connectivity index (χ4v) is 4.65. The summed E-state index contributed by atoms with van der Waals surface area (Å²) >= 11 is 0. The first-order valence-corrected chi connectivity index (χ1v) is 10.1. The summed E-state index contributed by atoms with van der Waals surface area (Å²) in [6, 6.07) is 3.21. The van der Waals surface area contributed by atoms with Gasteiger partial charge in [-0.1, -0.05) is 18.2 Å². The predicted molar refractivity (Wildman–Crippen MR) is 103 cm³/mol. The molecule has 1 unspecified atom stereocenters. The van der Waals surface area contributed by atoms with Crippen LogP contribution in [-0.4, -0.2) is 6.61 Å². The smallest absolute Gasteiger partial charge is 0.201 e. The molecule has 2 aliphatic carbocycles. The van der Waals surface area contributed by atoms with E-state index in [0.29, 0.717) is 18.1 Å². The molecule has 0 saturated heterocycles. The van der Waals surface area contributed by atoms with Crippen molar-refractivity contribution in [1.82, 2.24) is 0 Å². The number of halogens is 2. The number of hydrogen-bond acceptors (Lipinski definition) is 1. The van der Waals surface area contributed by atoms with E-state index < -0.39 is 11.6 Å². The number of allylic oxidation sites excluding steroid dienone is 4. The molecule has 1 fully saturated rings.